The Balaban J connectivity index is 1.43. The predicted octanol–water partition coefficient (Wildman–Crippen LogP) is 6.27. The predicted molar refractivity (Wildman–Crippen MR) is 163 cm³/mol. The van der Waals surface area contributed by atoms with Crippen LogP contribution >= 0.6 is 46.3 Å². The Morgan fingerprint density at radius 2 is 1.56 bits per heavy atom. The summed E-state index contributed by atoms with van der Waals surface area (Å²) in [5.41, 5.74) is 3.70. The summed E-state index contributed by atoms with van der Waals surface area (Å²) in [5, 5.41) is 3.04. The molecule has 2 aliphatic rings. The zero-order valence-electron chi connectivity index (χ0n) is 21.9. The molecule has 0 saturated carbocycles. The number of rotatable bonds is 5. The summed E-state index contributed by atoms with van der Waals surface area (Å²) in [6.07, 6.45) is 0. The monoisotopic (exact) mass is 623 g/mol. The van der Waals surface area contributed by atoms with Gasteiger partial charge in [-0.2, -0.15) is 0 Å². The molecule has 11 heteroatoms. The zero-order chi connectivity index (χ0) is 29.0. The van der Waals surface area contributed by atoms with Gasteiger partial charge in [0.05, 0.1) is 26.7 Å². The van der Waals surface area contributed by atoms with Crippen molar-refractivity contribution in [1.29, 1.82) is 0 Å². The summed E-state index contributed by atoms with van der Waals surface area (Å²) >= 11 is 15.2. The van der Waals surface area contributed by atoms with Gasteiger partial charge in [0.15, 0.2) is 0 Å². The van der Waals surface area contributed by atoms with E-state index in [1.54, 1.807) is 42.5 Å². The van der Waals surface area contributed by atoms with Gasteiger partial charge in [0, 0.05) is 16.5 Å². The van der Waals surface area contributed by atoms with Crippen LogP contribution in [-0.4, -0.2) is 27.5 Å². The van der Waals surface area contributed by atoms with Crippen LogP contribution in [0.2, 0.25) is 10.0 Å². The van der Waals surface area contributed by atoms with E-state index in [1.165, 1.54) is 9.47 Å². The Bertz CT molecular complexity index is 1770. The molecule has 3 amide bonds. The second-order valence-electron chi connectivity index (χ2n) is 10.1. The SMILES string of the molecule is Cc1ccc(NC(=O)Cn2c3c(sc2=O)[C@@H](c2cccc(Cl)c2Cl)[C@@H]2C(=O)N(c4ccc(C)cc4)C(=O)[C@@H]2S3)cc1. The minimum absolute atomic E-state index is 0.247. The third-order valence-corrected chi connectivity index (χ3v) is 10.7. The molecule has 1 fully saturated rings. The fourth-order valence-corrected chi connectivity index (χ4v) is 8.47. The number of amides is 3. The molecule has 0 unspecified atom stereocenters. The van der Waals surface area contributed by atoms with E-state index in [0.29, 0.717) is 31.9 Å². The van der Waals surface area contributed by atoms with Crippen molar-refractivity contribution in [3.8, 4) is 0 Å². The minimum Gasteiger partial charge on any atom is -0.325 e. The van der Waals surface area contributed by atoms with Gasteiger partial charge in [-0.1, -0.05) is 93.8 Å². The smallest absolute Gasteiger partial charge is 0.308 e. The van der Waals surface area contributed by atoms with Crippen molar-refractivity contribution < 1.29 is 14.4 Å². The van der Waals surface area contributed by atoms with Crippen LogP contribution in [0.5, 0.6) is 0 Å². The van der Waals surface area contributed by atoms with E-state index >= 15 is 0 Å². The van der Waals surface area contributed by atoms with Gasteiger partial charge >= 0.3 is 4.87 Å². The van der Waals surface area contributed by atoms with Gasteiger partial charge in [-0.25, -0.2) is 4.90 Å². The lowest BCUT2D eigenvalue weighted by atomic mass is 9.83. The molecule has 6 rings (SSSR count). The first kappa shape index (κ1) is 27.8. The number of imide groups is 1. The Kier molecular flexibility index (Phi) is 7.32. The molecule has 3 heterocycles. The lowest BCUT2D eigenvalue weighted by Crippen LogP contribution is -2.33. The van der Waals surface area contributed by atoms with Crippen molar-refractivity contribution >= 4 is 75.4 Å². The number of nitrogens with zero attached hydrogens (tertiary/aromatic N) is 2. The number of carbonyl (C=O) groups excluding carboxylic acids is 3. The van der Waals surface area contributed by atoms with Crippen LogP contribution in [0, 0.1) is 19.8 Å². The van der Waals surface area contributed by atoms with Crippen molar-refractivity contribution in [1.82, 2.24) is 4.57 Å². The van der Waals surface area contributed by atoms with Gasteiger partial charge in [-0.3, -0.25) is 23.7 Å². The van der Waals surface area contributed by atoms with Gasteiger partial charge in [0.2, 0.25) is 17.7 Å². The lowest BCUT2D eigenvalue weighted by Gasteiger charge is -2.31. The topological polar surface area (TPSA) is 88.5 Å². The Labute approximate surface area is 254 Å². The van der Waals surface area contributed by atoms with Crippen molar-refractivity contribution in [2.75, 3.05) is 10.2 Å². The quantitative estimate of drug-likeness (QED) is 0.265. The molecule has 0 radical (unpaired) electrons. The van der Waals surface area contributed by atoms with Crippen molar-refractivity contribution in [3.05, 3.63) is 108 Å². The second-order valence-corrected chi connectivity index (χ2v) is 13.0. The lowest BCUT2D eigenvalue weighted by molar-refractivity contribution is -0.122. The number of thiazole rings is 1. The minimum atomic E-state index is -0.822. The summed E-state index contributed by atoms with van der Waals surface area (Å²) in [6, 6.07) is 19.7. The molecule has 0 aliphatic carbocycles. The number of aromatic nitrogens is 1. The highest BCUT2D eigenvalue weighted by atomic mass is 35.5. The maximum atomic E-state index is 14.0. The standard InChI is InChI=1S/C30H23Cl2N3O4S2/c1-15-6-10-17(11-7-15)33-21(36)14-34-29-26(41-30(34)39)22(19-4-3-5-20(31)24(19)32)23-25(40-29)28(38)35(27(23)37)18-12-8-16(2)9-13-18/h3-13,22-23,25H,14H2,1-2H3,(H,33,36)/t22-,23-,25+/m0/s1. The van der Waals surface area contributed by atoms with Crippen LogP contribution in [-0.2, 0) is 20.9 Å². The third-order valence-electron chi connectivity index (χ3n) is 7.30. The Morgan fingerprint density at radius 1 is 0.902 bits per heavy atom. The highest BCUT2D eigenvalue weighted by Gasteiger charge is 2.57. The third kappa shape index (κ3) is 4.91. The van der Waals surface area contributed by atoms with E-state index in [0.717, 1.165) is 34.2 Å². The summed E-state index contributed by atoms with van der Waals surface area (Å²) in [6.45, 7) is 3.63. The number of hydrogen-bond donors (Lipinski definition) is 1. The first-order valence-electron chi connectivity index (χ1n) is 12.8. The first-order chi connectivity index (χ1) is 19.6. The molecule has 7 nitrogen and oxygen atoms in total. The Morgan fingerprint density at radius 3 is 2.24 bits per heavy atom. The van der Waals surface area contributed by atoms with Gasteiger partial charge in [-0.05, 0) is 49.7 Å². The molecule has 1 saturated heterocycles. The normalized spacial score (nSPS) is 19.7. The number of aryl methyl sites for hydroxylation is 2. The van der Waals surface area contributed by atoms with Crippen LogP contribution < -0.4 is 15.1 Å². The first-order valence-corrected chi connectivity index (χ1v) is 15.2. The molecule has 4 aromatic rings. The molecule has 2 aliphatic heterocycles. The molecule has 3 aromatic carbocycles. The largest absolute Gasteiger partial charge is 0.325 e. The van der Waals surface area contributed by atoms with E-state index in [-0.39, 0.29) is 34.2 Å². The number of hydrogen-bond acceptors (Lipinski definition) is 6. The van der Waals surface area contributed by atoms with E-state index < -0.39 is 17.1 Å². The molecular formula is C30H23Cl2N3O4S2. The van der Waals surface area contributed by atoms with E-state index in [9.17, 15) is 19.2 Å². The zero-order valence-corrected chi connectivity index (χ0v) is 25.0. The number of thioether (sulfide) groups is 1. The van der Waals surface area contributed by atoms with E-state index in [4.69, 9.17) is 23.2 Å². The van der Waals surface area contributed by atoms with Crippen molar-refractivity contribution in [3.63, 3.8) is 0 Å². The molecule has 1 aromatic heterocycles. The summed E-state index contributed by atoms with van der Waals surface area (Å²) in [4.78, 5) is 55.6. The molecule has 0 bridgehead atoms. The molecule has 1 N–H and O–H groups in total. The van der Waals surface area contributed by atoms with Crippen LogP contribution in [0.1, 0.15) is 27.5 Å². The molecular weight excluding hydrogens is 601 g/mol. The van der Waals surface area contributed by atoms with E-state index in [1.807, 2.05) is 38.1 Å². The number of halogens is 2. The molecule has 0 spiro atoms. The highest BCUT2D eigenvalue weighted by molar-refractivity contribution is 8.00. The number of anilines is 2. The van der Waals surface area contributed by atoms with Gasteiger partial charge < -0.3 is 5.32 Å². The summed E-state index contributed by atoms with van der Waals surface area (Å²) in [5.74, 6) is -2.64. The maximum Gasteiger partial charge on any atom is 0.308 e. The molecule has 3 atom stereocenters. The van der Waals surface area contributed by atoms with Crippen LogP contribution in [0.25, 0.3) is 0 Å². The fourth-order valence-electron chi connectivity index (χ4n) is 5.28. The van der Waals surface area contributed by atoms with Crippen LogP contribution in [0.15, 0.2) is 76.6 Å². The average Bonchev–Trinajstić information content (AvgIpc) is 3.38. The number of nitrogens with one attached hydrogen (secondary N) is 1. The average molecular weight is 625 g/mol. The van der Waals surface area contributed by atoms with Crippen LogP contribution in [0.3, 0.4) is 0 Å². The van der Waals surface area contributed by atoms with E-state index in [2.05, 4.69) is 5.32 Å². The molecule has 41 heavy (non-hydrogen) atoms. The maximum absolute atomic E-state index is 14.0. The van der Waals surface area contributed by atoms with Crippen molar-refractivity contribution in [2.24, 2.45) is 5.92 Å². The fraction of sp³-hybridized carbons (Fsp3) is 0.200. The number of carbonyl (C=O) groups is 3. The van der Waals surface area contributed by atoms with Crippen LogP contribution in [0.4, 0.5) is 11.4 Å². The van der Waals surface area contributed by atoms with Gasteiger partial charge in [0.1, 0.15) is 11.8 Å². The van der Waals surface area contributed by atoms with Gasteiger partial charge in [0.25, 0.3) is 0 Å². The molecule has 208 valence electrons. The highest BCUT2D eigenvalue weighted by Crippen LogP contribution is 2.55. The van der Waals surface area contributed by atoms with Crippen molar-refractivity contribution in [2.45, 2.75) is 36.6 Å². The second kappa shape index (κ2) is 10.8. The summed E-state index contributed by atoms with van der Waals surface area (Å²) < 4.78 is 1.38. The van der Waals surface area contributed by atoms with Gasteiger partial charge in [-0.15, -0.1) is 0 Å². The number of benzene rings is 3. The number of fused-ring (bicyclic) bond motifs is 2. The summed E-state index contributed by atoms with van der Waals surface area (Å²) in [7, 11) is 0. The Hall–Kier alpha value is -3.37.